The molecule has 1 aliphatic rings. The molecule has 1 aliphatic carbocycles. The molecular weight excluding hydrogens is 364 g/mol. The molecule has 0 bridgehead atoms. The van der Waals surface area contributed by atoms with Crippen molar-refractivity contribution in [3.8, 4) is 0 Å². The van der Waals surface area contributed by atoms with Crippen LogP contribution in [0.15, 0.2) is 48.7 Å². The lowest BCUT2D eigenvalue weighted by Gasteiger charge is -2.17. The summed E-state index contributed by atoms with van der Waals surface area (Å²) in [5.74, 6) is 0.928. The molecule has 6 nitrogen and oxygen atoms in total. The zero-order valence-corrected chi connectivity index (χ0v) is 16.8. The molecule has 3 atom stereocenters. The summed E-state index contributed by atoms with van der Waals surface area (Å²) >= 11 is 0. The van der Waals surface area contributed by atoms with Crippen LogP contribution in [-0.2, 0) is 16.0 Å². The Bertz CT molecular complexity index is 1020. The number of carbonyl (C=O) groups excluding carboxylic acids is 2. The molecule has 2 heterocycles. The standard InChI is InChI=1S/C23H26N4O2/c1-15(18-11-9-17(10-12-18)14-19-6-5-7-20(19)28)23(29)24-16(2)22-26-25-21-8-3-4-13-27(21)22/h3-4,8-13,15-16,19H,5-7,14H2,1-2H3,(H,24,29)/t15-,16+,19+/m1/s1. The zero-order valence-electron chi connectivity index (χ0n) is 16.8. The summed E-state index contributed by atoms with van der Waals surface area (Å²) in [4.78, 5) is 24.6. The Morgan fingerprint density at radius 2 is 1.97 bits per heavy atom. The number of pyridine rings is 1. The van der Waals surface area contributed by atoms with Crippen molar-refractivity contribution in [2.45, 2.75) is 51.5 Å². The van der Waals surface area contributed by atoms with Crippen LogP contribution in [0.25, 0.3) is 5.65 Å². The van der Waals surface area contributed by atoms with Crippen LogP contribution < -0.4 is 5.32 Å². The number of hydrogen-bond acceptors (Lipinski definition) is 4. The molecule has 0 unspecified atom stereocenters. The zero-order chi connectivity index (χ0) is 20.4. The number of aromatic nitrogens is 3. The van der Waals surface area contributed by atoms with Gasteiger partial charge in [0.2, 0.25) is 5.91 Å². The van der Waals surface area contributed by atoms with E-state index in [1.165, 1.54) is 0 Å². The highest BCUT2D eigenvalue weighted by atomic mass is 16.2. The number of rotatable bonds is 6. The summed E-state index contributed by atoms with van der Waals surface area (Å²) in [5, 5.41) is 11.4. The lowest BCUT2D eigenvalue weighted by Crippen LogP contribution is -2.31. The predicted octanol–water partition coefficient (Wildman–Crippen LogP) is 3.62. The molecule has 1 fully saturated rings. The third-order valence-electron chi connectivity index (χ3n) is 5.87. The van der Waals surface area contributed by atoms with E-state index in [4.69, 9.17) is 0 Å². The fraction of sp³-hybridized carbons (Fsp3) is 0.391. The Morgan fingerprint density at radius 3 is 2.69 bits per heavy atom. The Morgan fingerprint density at radius 1 is 1.17 bits per heavy atom. The third kappa shape index (κ3) is 4.06. The minimum atomic E-state index is -0.279. The SMILES string of the molecule is C[C@H](NC(=O)[C@H](C)c1ccc(C[C@@H]2CCCC2=O)cc1)c1nnc2ccccn12. The molecule has 1 amide bonds. The molecule has 1 aromatic carbocycles. The average Bonchev–Trinajstić information content (AvgIpc) is 3.34. The van der Waals surface area contributed by atoms with Crippen molar-refractivity contribution in [1.29, 1.82) is 0 Å². The van der Waals surface area contributed by atoms with Crippen LogP contribution in [0.5, 0.6) is 0 Å². The van der Waals surface area contributed by atoms with E-state index in [2.05, 4.69) is 15.5 Å². The fourth-order valence-corrected chi connectivity index (χ4v) is 4.04. The first kappa shape index (κ1) is 19.3. The van der Waals surface area contributed by atoms with E-state index < -0.39 is 0 Å². The normalized spacial score (nSPS) is 18.7. The lowest BCUT2D eigenvalue weighted by atomic mass is 9.94. The molecule has 6 heteroatoms. The van der Waals surface area contributed by atoms with Gasteiger partial charge >= 0.3 is 0 Å². The summed E-state index contributed by atoms with van der Waals surface area (Å²) in [7, 11) is 0. The number of fused-ring (bicyclic) bond motifs is 1. The van der Waals surface area contributed by atoms with E-state index in [9.17, 15) is 9.59 Å². The van der Waals surface area contributed by atoms with Gasteiger partial charge in [0.25, 0.3) is 0 Å². The largest absolute Gasteiger partial charge is 0.346 e. The number of nitrogens with zero attached hydrogens (tertiary/aromatic N) is 3. The number of benzene rings is 1. The molecule has 0 aliphatic heterocycles. The summed E-state index contributed by atoms with van der Waals surface area (Å²) in [6.07, 6.45) is 5.42. The van der Waals surface area contributed by atoms with Crippen LogP contribution in [0.1, 0.15) is 62.0 Å². The molecule has 1 N–H and O–H groups in total. The van der Waals surface area contributed by atoms with Crippen LogP contribution in [0.2, 0.25) is 0 Å². The second kappa shape index (κ2) is 8.15. The molecule has 29 heavy (non-hydrogen) atoms. The van der Waals surface area contributed by atoms with Crippen molar-refractivity contribution in [3.05, 3.63) is 65.6 Å². The maximum atomic E-state index is 12.8. The van der Waals surface area contributed by atoms with Crippen molar-refractivity contribution in [2.75, 3.05) is 0 Å². The molecule has 1 saturated carbocycles. The highest BCUT2D eigenvalue weighted by molar-refractivity contribution is 5.84. The van der Waals surface area contributed by atoms with E-state index in [0.29, 0.717) is 11.6 Å². The van der Waals surface area contributed by atoms with E-state index in [1.54, 1.807) is 0 Å². The van der Waals surface area contributed by atoms with Gasteiger partial charge in [0.1, 0.15) is 5.78 Å². The Kier molecular flexibility index (Phi) is 5.43. The predicted molar refractivity (Wildman–Crippen MR) is 110 cm³/mol. The molecular formula is C23H26N4O2. The molecule has 0 spiro atoms. The number of hydrogen-bond donors (Lipinski definition) is 1. The minimum absolute atomic E-state index is 0.0519. The van der Waals surface area contributed by atoms with Gasteiger partial charge < -0.3 is 5.32 Å². The van der Waals surface area contributed by atoms with Crippen molar-refractivity contribution in [1.82, 2.24) is 19.9 Å². The first-order chi connectivity index (χ1) is 14.0. The molecule has 0 radical (unpaired) electrons. The van der Waals surface area contributed by atoms with Crippen LogP contribution in [-0.4, -0.2) is 26.3 Å². The second-order valence-corrected chi connectivity index (χ2v) is 7.94. The van der Waals surface area contributed by atoms with E-state index in [1.807, 2.05) is 66.9 Å². The highest BCUT2D eigenvalue weighted by Gasteiger charge is 2.25. The topological polar surface area (TPSA) is 76.4 Å². The molecule has 150 valence electrons. The molecule has 0 saturated heterocycles. The van der Waals surface area contributed by atoms with Crippen LogP contribution >= 0.6 is 0 Å². The summed E-state index contributed by atoms with van der Waals surface area (Å²) in [6.45, 7) is 3.81. The van der Waals surface area contributed by atoms with Gasteiger partial charge in [-0.2, -0.15) is 0 Å². The first-order valence-electron chi connectivity index (χ1n) is 10.2. The van der Waals surface area contributed by atoms with Gasteiger partial charge in [-0.3, -0.25) is 14.0 Å². The van der Waals surface area contributed by atoms with Gasteiger partial charge in [0.15, 0.2) is 11.5 Å². The summed E-state index contributed by atoms with van der Waals surface area (Å²) < 4.78 is 1.88. The average molecular weight is 390 g/mol. The van der Waals surface area contributed by atoms with Gasteiger partial charge in [0, 0.05) is 18.5 Å². The highest BCUT2D eigenvalue weighted by Crippen LogP contribution is 2.26. The minimum Gasteiger partial charge on any atom is -0.346 e. The molecule has 2 aromatic heterocycles. The number of carbonyl (C=O) groups is 2. The number of Topliss-reactive ketones (excluding diaryl/α,β-unsaturated/α-hetero) is 1. The Balaban J connectivity index is 1.40. The van der Waals surface area contributed by atoms with E-state index >= 15 is 0 Å². The smallest absolute Gasteiger partial charge is 0.227 e. The Hall–Kier alpha value is -3.02. The summed E-state index contributed by atoms with van der Waals surface area (Å²) in [6, 6.07) is 13.5. The summed E-state index contributed by atoms with van der Waals surface area (Å²) in [5.41, 5.74) is 2.88. The maximum Gasteiger partial charge on any atom is 0.227 e. The maximum absolute atomic E-state index is 12.8. The lowest BCUT2D eigenvalue weighted by molar-refractivity contribution is -0.123. The first-order valence-corrected chi connectivity index (χ1v) is 10.2. The van der Waals surface area contributed by atoms with Gasteiger partial charge in [0.05, 0.1) is 12.0 Å². The van der Waals surface area contributed by atoms with Crippen LogP contribution in [0.3, 0.4) is 0 Å². The van der Waals surface area contributed by atoms with Gasteiger partial charge in [-0.25, -0.2) is 0 Å². The Labute approximate surface area is 170 Å². The number of nitrogens with one attached hydrogen (secondary N) is 1. The number of ketones is 1. The van der Waals surface area contributed by atoms with Crippen molar-refractivity contribution >= 4 is 17.3 Å². The van der Waals surface area contributed by atoms with Gasteiger partial charge in [-0.1, -0.05) is 30.3 Å². The second-order valence-electron chi connectivity index (χ2n) is 7.94. The fourth-order valence-electron chi connectivity index (χ4n) is 4.04. The van der Waals surface area contributed by atoms with E-state index in [0.717, 1.165) is 42.5 Å². The van der Waals surface area contributed by atoms with Gasteiger partial charge in [-0.15, -0.1) is 10.2 Å². The number of amides is 1. The van der Waals surface area contributed by atoms with E-state index in [-0.39, 0.29) is 23.8 Å². The van der Waals surface area contributed by atoms with Crippen molar-refractivity contribution < 1.29 is 9.59 Å². The van der Waals surface area contributed by atoms with Crippen molar-refractivity contribution in [2.24, 2.45) is 5.92 Å². The molecule has 4 rings (SSSR count). The van der Waals surface area contributed by atoms with Crippen LogP contribution in [0.4, 0.5) is 0 Å². The van der Waals surface area contributed by atoms with Crippen LogP contribution in [0, 0.1) is 5.92 Å². The molecule has 3 aromatic rings. The van der Waals surface area contributed by atoms with Gasteiger partial charge in [-0.05, 0) is 56.4 Å². The van der Waals surface area contributed by atoms with Crippen molar-refractivity contribution in [3.63, 3.8) is 0 Å². The third-order valence-corrected chi connectivity index (χ3v) is 5.87. The quantitative estimate of drug-likeness (QED) is 0.697. The monoisotopic (exact) mass is 390 g/mol.